The van der Waals surface area contributed by atoms with Crippen molar-refractivity contribution in [1.82, 2.24) is 0 Å². The maximum absolute atomic E-state index is 12.3. The predicted octanol–water partition coefficient (Wildman–Crippen LogP) is 3.07. The van der Waals surface area contributed by atoms with Crippen LogP contribution in [-0.4, -0.2) is 22.6 Å². The van der Waals surface area contributed by atoms with Gasteiger partial charge in [0.2, 0.25) is 0 Å². The second-order valence-electron chi connectivity index (χ2n) is 5.33. The van der Waals surface area contributed by atoms with E-state index in [1.165, 1.54) is 0 Å². The standard InChI is InChI=1S/C16H22O4/c1-5-6-7-8-12(17)13-10(3)9(2)11(4)14(15(13)18)16(19)20/h13H,5-8H2,1-4H3,(H,19,20). The third-order valence-electron chi connectivity index (χ3n) is 4.03. The molecule has 0 saturated heterocycles. The molecular formula is C16H22O4. The number of ketones is 2. The van der Waals surface area contributed by atoms with Crippen LogP contribution >= 0.6 is 0 Å². The van der Waals surface area contributed by atoms with Crippen molar-refractivity contribution in [3.63, 3.8) is 0 Å². The highest BCUT2D eigenvalue weighted by Gasteiger charge is 2.38. The van der Waals surface area contributed by atoms with E-state index in [1.807, 2.05) is 6.92 Å². The molecule has 0 aliphatic heterocycles. The van der Waals surface area contributed by atoms with Crippen LogP contribution in [0.25, 0.3) is 0 Å². The minimum atomic E-state index is -1.24. The first-order valence-electron chi connectivity index (χ1n) is 7.01. The minimum absolute atomic E-state index is 0.161. The summed E-state index contributed by atoms with van der Waals surface area (Å²) < 4.78 is 0. The summed E-state index contributed by atoms with van der Waals surface area (Å²) in [6.07, 6.45) is 3.02. The fourth-order valence-electron chi connectivity index (χ4n) is 2.57. The summed E-state index contributed by atoms with van der Waals surface area (Å²) in [5.74, 6) is -2.86. The lowest BCUT2D eigenvalue weighted by atomic mass is 9.76. The molecule has 20 heavy (non-hydrogen) atoms. The van der Waals surface area contributed by atoms with E-state index in [2.05, 4.69) is 0 Å². The Morgan fingerprint density at radius 1 is 1.10 bits per heavy atom. The highest BCUT2D eigenvalue weighted by atomic mass is 16.4. The van der Waals surface area contributed by atoms with Crippen molar-refractivity contribution in [3.05, 3.63) is 22.3 Å². The molecule has 0 fully saturated rings. The van der Waals surface area contributed by atoms with Crippen LogP contribution in [0.1, 0.15) is 53.4 Å². The molecule has 0 radical (unpaired) electrons. The Bertz CT molecular complexity index is 509. The van der Waals surface area contributed by atoms with Gasteiger partial charge < -0.3 is 5.11 Å². The van der Waals surface area contributed by atoms with Gasteiger partial charge in [-0.2, -0.15) is 0 Å². The molecule has 1 N–H and O–H groups in total. The van der Waals surface area contributed by atoms with Crippen LogP contribution in [0.15, 0.2) is 22.3 Å². The molecule has 110 valence electrons. The van der Waals surface area contributed by atoms with Crippen LogP contribution in [0.2, 0.25) is 0 Å². The van der Waals surface area contributed by atoms with Crippen molar-refractivity contribution in [2.24, 2.45) is 5.92 Å². The second kappa shape index (κ2) is 6.64. The highest BCUT2D eigenvalue weighted by molar-refractivity contribution is 6.25. The minimum Gasteiger partial charge on any atom is -0.478 e. The van der Waals surface area contributed by atoms with Gasteiger partial charge in [0.1, 0.15) is 17.3 Å². The Balaban J connectivity index is 3.09. The fraction of sp³-hybridized carbons (Fsp3) is 0.562. The summed E-state index contributed by atoms with van der Waals surface area (Å²) in [4.78, 5) is 35.8. The summed E-state index contributed by atoms with van der Waals surface area (Å²) >= 11 is 0. The Morgan fingerprint density at radius 3 is 2.20 bits per heavy atom. The molecular weight excluding hydrogens is 256 g/mol. The maximum atomic E-state index is 12.3. The third-order valence-corrected chi connectivity index (χ3v) is 4.03. The van der Waals surface area contributed by atoms with Crippen LogP contribution in [-0.2, 0) is 14.4 Å². The molecule has 0 bridgehead atoms. The number of carboxylic acids is 1. The number of aliphatic carboxylic acids is 1. The van der Waals surface area contributed by atoms with Crippen molar-refractivity contribution in [2.75, 3.05) is 0 Å². The van der Waals surface area contributed by atoms with Crippen LogP contribution in [0, 0.1) is 5.92 Å². The number of rotatable bonds is 6. The number of allylic oxidation sites excluding steroid dienone is 3. The summed E-state index contributed by atoms with van der Waals surface area (Å²) in [7, 11) is 0. The maximum Gasteiger partial charge on any atom is 0.339 e. The summed E-state index contributed by atoms with van der Waals surface area (Å²) in [6.45, 7) is 7.18. The summed E-state index contributed by atoms with van der Waals surface area (Å²) in [5, 5.41) is 9.18. The van der Waals surface area contributed by atoms with E-state index in [4.69, 9.17) is 0 Å². The Hall–Kier alpha value is -1.71. The van der Waals surface area contributed by atoms with E-state index in [1.54, 1.807) is 20.8 Å². The molecule has 0 aromatic heterocycles. The van der Waals surface area contributed by atoms with Crippen LogP contribution in [0.3, 0.4) is 0 Å². The average Bonchev–Trinajstić information content (AvgIpc) is 2.36. The molecule has 0 amide bonds. The molecule has 4 heteroatoms. The number of carbonyl (C=O) groups excluding carboxylic acids is 2. The van der Waals surface area contributed by atoms with Gasteiger partial charge in [0, 0.05) is 6.42 Å². The van der Waals surface area contributed by atoms with E-state index < -0.39 is 17.7 Å². The Morgan fingerprint density at radius 2 is 1.70 bits per heavy atom. The highest BCUT2D eigenvalue weighted by Crippen LogP contribution is 2.33. The number of Topliss-reactive ketones (excluding diaryl/α,β-unsaturated/α-hetero) is 2. The lowest BCUT2D eigenvalue weighted by molar-refractivity contribution is -0.136. The Kier molecular flexibility index (Phi) is 5.43. The van der Waals surface area contributed by atoms with Gasteiger partial charge in [-0.05, 0) is 38.3 Å². The number of hydrogen-bond acceptors (Lipinski definition) is 3. The molecule has 0 saturated carbocycles. The molecule has 0 aromatic rings. The second-order valence-corrected chi connectivity index (χ2v) is 5.33. The zero-order valence-electron chi connectivity index (χ0n) is 12.6. The average molecular weight is 278 g/mol. The van der Waals surface area contributed by atoms with Crippen molar-refractivity contribution in [3.8, 4) is 0 Å². The van der Waals surface area contributed by atoms with E-state index >= 15 is 0 Å². The molecule has 1 aliphatic carbocycles. The SMILES string of the molecule is CCCCCC(=O)C1C(=O)C(C(=O)O)=C(C)C(C)=C1C. The summed E-state index contributed by atoms with van der Waals surface area (Å²) in [5.41, 5.74) is 1.68. The molecule has 0 heterocycles. The van der Waals surface area contributed by atoms with Crippen molar-refractivity contribution in [1.29, 1.82) is 0 Å². The van der Waals surface area contributed by atoms with Crippen LogP contribution < -0.4 is 0 Å². The van der Waals surface area contributed by atoms with E-state index in [9.17, 15) is 19.5 Å². The first-order chi connectivity index (χ1) is 9.32. The smallest absolute Gasteiger partial charge is 0.339 e. The van der Waals surface area contributed by atoms with Crippen molar-refractivity contribution in [2.45, 2.75) is 53.4 Å². The number of unbranched alkanes of at least 4 members (excludes halogenated alkanes) is 2. The molecule has 0 aromatic carbocycles. The van der Waals surface area contributed by atoms with Crippen LogP contribution in [0.5, 0.6) is 0 Å². The molecule has 1 unspecified atom stereocenters. The predicted molar refractivity (Wildman–Crippen MR) is 76.4 cm³/mol. The summed E-state index contributed by atoms with van der Waals surface area (Å²) in [6, 6.07) is 0. The number of carboxylic acid groups (broad SMARTS) is 1. The van der Waals surface area contributed by atoms with E-state index in [0.29, 0.717) is 17.6 Å². The van der Waals surface area contributed by atoms with Gasteiger partial charge in [0.15, 0.2) is 5.78 Å². The first kappa shape index (κ1) is 16.3. The lowest BCUT2D eigenvalue weighted by Gasteiger charge is -2.25. The molecule has 1 rings (SSSR count). The van der Waals surface area contributed by atoms with Gasteiger partial charge in [-0.15, -0.1) is 0 Å². The largest absolute Gasteiger partial charge is 0.478 e. The Labute approximate surface area is 119 Å². The topological polar surface area (TPSA) is 71.4 Å². The quantitative estimate of drug-likeness (QED) is 0.460. The van der Waals surface area contributed by atoms with Gasteiger partial charge in [-0.3, -0.25) is 9.59 Å². The number of carbonyl (C=O) groups is 3. The fourth-order valence-corrected chi connectivity index (χ4v) is 2.57. The van der Waals surface area contributed by atoms with Crippen LogP contribution in [0.4, 0.5) is 0 Å². The van der Waals surface area contributed by atoms with Gasteiger partial charge in [-0.25, -0.2) is 4.79 Å². The van der Waals surface area contributed by atoms with E-state index in [0.717, 1.165) is 24.8 Å². The van der Waals surface area contributed by atoms with Crippen molar-refractivity contribution < 1.29 is 19.5 Å². The van der Waals surface area contributed by atoms with Gasteiger partial charge >= 0.3 is 5.97 Å². The van der Waals surface area contributed by atoms with Crippen molar-refractivity contribution >= 4 is 17.5 Å². The zero-order valence-corrected chi connectivity index (χ0v) is 12.6. The molecule has 1 aliphatic rings. The monoisotopic (exact) mass is 278 g/mol. The molecule has 0 spiro atoms. The third kappa shape index (κ3) is 3.06. The molecule has 1 atom stereocenters. The van der Waals surface area contributed by atoms with Gasteiger partial charge in [0.25, 0.3) is 0 Å². The lowest BCUT2D eigenvalue weighted by Crippen LogP contribution is -2.33. The zero-order chi connectivity index (χ0) is 15.4. The van der Waals surface area contributed by atoms with E-state index in [-0.39, 0.29) is 11.4 Å². The van der Waals surface area contributed by atoms with Gasteiger partial charge in [-0.1, -0.05) is 25.3 Å². The first-order valence-corrected chi connectivity index (χ1v) is 7.01. The molecule has 4 nitrogen and oxygen atoms in total. The van der Waals surface area contributed by atoms with Gasteiger partial charge in [0.05, 0.1) is 0 Å². The number of hydrogen-bond donors (Lipinski definition) is 1. The normalized spacial score (nSPS) is 19.6.